The Balaban J connectivity index is 1.95. The van der Waals surface area contributed by atoms with Gasteiger partial charge in [0.25, 0.3) is 0 Å². The Hall–Kier alpha value is -1.53. The number of benzene rings is 1. The minimum Gasteiger partial charge on any atom is -0.488 e. The maximum Gasteiger partial charge on any atom is 0.123 e. The SMILES string of the molecule is N#CCc1ccc(OC2CNC2)cc1. The van der Waals surface area contributed by atoms with Gasteiger partial charge < -0.3 is 10.1 Å². The van der Waals surface area contributed by atoms with Gasteiger partial charge in [-0.3, -0.25) is 0 Å². The van der Waals surface area contributed by atoms with Crippen LogP contribution in [0.1, 0.15) is 5.56 Å². The molecule has 0 aliphatic carbocycles. The normalized spacial score (nSPS) is 15.6. The van der Waals surface area contributed by atoms with E-state index < -0.39 is 0 Å². The van der Waals surface area contributed by atoms with Crippen LogP contribution >= 0.6 is 0 Å². The van der Waals surface area contributed by atoms with E-state index in [2.05, 4.69) is 11.4 Å². The van der Waals surface area contributed by atoms with Crippen molar-refractivity contribution in [3.63, 3.8) is 0 Å². The van der Waals surface area contributed by atoms with Gasteiger partial charge >= 0.3 is 0 Å². The highest BCUT2D eigenvalue weighted by atomic mass is 16.5. The van der Waals surface area contributed by atoms with Crippen LogP contribution in [0, 0.1) is 11.3 Å². The summed E-state index contributed by atoms with van der Waals surface area (Å²) >= 11 is 0. The van der Waals surface area contributed by atoms with Crippen molar-refractivity contribution in [2.24, 2.45) is 0 Å². The van der Waals surface area contributed by atoms with E-state index in [1.54, 1.807) is 0 Å². The first-order chi connectivity index (χ1) is 6.88. The van der Waals surface area contributed by atoms with Crippen molar-refractivity contribution < 1.29 is 4.74 Å². The van der Waals surface area contributed by atoms with Gasteiger partial charge in [0.05, 0.1) is 12.5 Å². The summed E-state index contributed by atoms with van der Waals surface area (Å²) in [5.74, 6) is 0.887. The molecule has 1 aliphatic rings. The standard InChI is InChI=1S/C11H12N2O/c12-6-5-9-1-3-10(4-2-9)14-11-7-13-8-11/h1-4,11,13H,5,7-8H2. The predicted octanol–water partition coefficient (Wildman–Crippen LogP) is 1.10. The van der Waals surface area contributed by atoms with Crippen LogP contribution in [-0.2, 0) is 6.42 Å². The third-order valence-electron chi connectivity index (χ3n) is 2.25. The van der Waals surface area contributed by atoms with Crippen molar-refractivity contribution >= 4 is 0 Å². The monoisotopic (exact) mass is 188 g/mol. The number of hydrogen-bond donors (Lipinski definition) is 1. The van der Waals surface area contributed by atoms with Gasteiger partial charge in [-0.15, -0.1) is 0 Å². The first-order valence-corrected chi connectivity index (χ1v) is 4.72. The number of nitrogens with one attached hydrogen (secondary N) is 1. The van der Waals surface area contributed by atoms with Gasteiger partial charge in [0, 0.05) is 13.1 Å². The summed E-state index contributed by atoms with van der Waals surface area (Å²) in [7, 11) is 0. The Labute approximate surface area is 83.3 Å². The molecule has 1 saturated heterocycles. The van der Waals surface area contributed by atoms with Crippen LogP contribution in [0.5, 0.6) is 5.75 Å². The molecule has 0 amide bonds. The molecule has 1 fully saturated rings. The summed E-state index contributed by atoms with van der Waals surface area (Å²) in [6.45, 7) is 1.86. The third kappa shape index (κ3) is 2.04. The van der Waals surface area contributed by atoms with Gasteiger partial charge in [0.1, 0.15) is 11.9 Å². The number of rotatable bonds is 3. The summed E-state index contributed by atoms with van der Waals surface area (Å²) in [5, 5.41) is 11.6. The quantitative estimate of drug-likeness (QED) is 0.772. The van der Waals surface area contributed by atoms with Gasteiger partial charge in [-0.25, -0.2) is 0 Å². The first kappa shape index (κ1) is 9.04. The second kappa shape index (κ2) is 4.12. The molecule has 0 atom stereocenters. The van der Waals surface area contributed by atoms with Gasteiger partial charge in [-0.05, 0) is 17.7 Å². The fraction of sp³-hybridized carbons (Fsp3) is 0.364. The van der Waals surface area contributed by atoms with E-state index in [4.69, 9.17) is 10.00 Å². The highest BCUT2D eigenvalue weighted by Gasteiger charge is 2.17. The minimum absolute atomic E-state index is 0.316. The minimum atomic E-state index is 0.316. The Kier molecular flexibility index (Phi) is 2.66. The van der Waals surface area contributed by atoms with Crippen LogP contribution in [0.4, 0.5) is 0 Å². The lowest BCUT2D eigenvalue weighted by atomic mass is 10.1. The average molecular weight is 188 g/mol. The molecular formula is C11H12N2O. The van der Waals surface area contributed by atoms with Gasteiger partial charge in [-0.2, -0.15) is 5.26 Å². The van der Waals surface area contributed by atoms with Gasteiger partial charge in [0.15, 0.2) is 0 Å². The zero-order valence-corrected chi connectivity index (χ0v) is 7.86. The lowest BCUT2D eigenvalue weighted by molar-refractivity contribution is 0.142. The molecule has 1 aromatic rings. The molecule has 3 nitrogen and oxygen atoms in total. The van der Waals surface area contributed by atoms with Crippen molar-refractivity contribution in [2.45, 2.75) is 12.5 Å². The lowest BCUT2D eigenvalue weighted by Crippen LogP contribution is -2.50. The average Bonchev–Trinajstić information content (AvgIpc) is 2.14. The highest BCUT2D eigenvalue weighted by molar-refractivity contribution is 5.29. The lowest BCUT2D eigenvalue weighted by Gasteiger charge is -2.27. The fourth-order valence-electron chi connectivity index (χ4n) is 1.32. The van der Waals surface area contributed by atoms with Crippen LogP contribution < -0.4 is 10.1 Å². The van der Waals surface area contributed by atoms with Crippen molar-refractivity contribution in [3.05, 3.63) is 29.8 Å². The zero-order valence-electron chi connectivity index (χ0n) is 7.86. The maximum atomic E-state index is 8.49. The van der Waals surface area contributed by atoms with Gasteiger partial charge in [0.2, 0.25) is 0 Å². The van der Waals surface area contributed by atoms with Crippen LogP contribution in [0.3, 0.4) is 0 Å². The Bertz CT molecular complexity index is 335. The molecule has 1 N–H and O–H groups in total. The second-order valence-corrected chi connectivity index (χ2v) is 3.38. The van der Waals surface area contributed by atoms with E-state index in [1.165, 1.54) is 0 Å². The van der Waals surface area contributed by atoms with Crippen molar-refractivity contribution in [1.29, 1.82) is 5.26 Å². The number of nitrogens with zero attached hydrogens (tertiary/aromatic N) is 1. The molecule has 0 aromatic heterocycles. The number of hydrogen-bond acceptors (Lipinski definition) is 3. The molecule has 0 unspecified atom stereocenters. The smallest absolute Gasteiger partial charge is 0.123 e. The Morgan fingerprint density at radius 2 is 2.07 bits per heavy atom. The van der Waals surface area contributed by atoms with Crippen molar-refractivity contribution in [3.8, 4) is 11.8 Å². The van der Waals surface area contributed by atoms with E-state index >= 15 is 0 Å². The molecular weight excluding hydrogens is 176 g/mol. The Morgan fingerprint density at radius 3 is 2.57 bits per heavy atom. The molecule has 14 heavy (non-hydrogen) atoms. The van der Waals surface area contributed by atoms with E-state index in [0.717, 1.165) is 24.4 Å². The van der Waals surface area contributed by atoms with Crippen LogP contribution in [0.25, 0.3) is 0 Å². The largest absolute Gasteiger partial charge is 0.488 e. The molecule has 0 spiro atoms. The number of ether oxygens (including phenoxy) is 1. The summed E-state index contributed by atoms with van der Waals surface area (Å²) in [4.78, 5) is 0. The Morgan fingerprint density at radius 1 is 1.36 bits per heavy atom. The third-order valence-corrected chi connectivity index (χ3v) is 2.25. The van der Waals surface area contributed by atoms with Gasteiger partial charge in [-0.1, -0.05) is 12.1 Å². The zero-order chi connectivity index (χ0) is 9.80. The molecule has 0 radical (unpaired) electrons. The molecule has 0 saturated carbocycles. The molecule has 1 aromatic carbocycles. The van der Waals surface area contributed by atoms with E-state index in [0.29, 0.717) is 12.5 Å². The van der Waals surface area contributed by atoms with E-state index in [-0.39, 0.29) is 0 Å². The molecule has 0 bridgehead atoms. The fourth-order valence-corrected chi connectivity index (χ4v) is 1.32. The maximum absolute atomic E-state index is 8.49. The summed E-state index contributed by atoms with van der Waals surface area (Å²) in [6, 6.07) is 9.83. The van der Waals surface area contributed by atoms with Crippen LogP contribution in [0.15, 0.2) is 24.3 Å². The van der Waals surface area contributed by atoms with Crippen LogP contribution in [0.2, 0.25) is 0 Å². The summed E-state index contributed by atoms with van der Waals surface area (Å²) in [6.07, 6.45) is 0.780. The second-order valence-electron chi connectivity index (χ2n) is 3.38. The topological polar surface area (TPSA) is 45.0 Å². The molecule has 2 rings (SSSR count). The highest BCUT2D eigenvalue weighted by Crippen LogP contribution is 2.15. The summed E-state index contributed by atoms with van der Waals surface area (Å²) in [5.41, 5.74) is 1.03. The molecule has 1 aliphatic heterocycles. The molecule has 3 heteroatoms. The predicted molar refractivity (Wildman–Crippen MR) is 53.0 cm³/mol. The van der Waals surface area contributed by atoms with E-state index in [1.807, 2.05) is 24.3 Å². The molecule has 1 heterocycles. The first-order valence-electron chi connectivity index (χ1n) is 4.72. The van der Waals surface area contributed by atoms with Crippen molar-refractivity contribution in [1.82, 2.24) is 5.32 Å². The summed E-state index contributed by atoms with van der Waals surface area (Å²) < 4.78 is 5.64. The van der Waals surface area contributed by atoms with E-state index in [9.17, 15) is 0 Å². The van der Waals surface area contributed by atoms with Crippen LogP contribution in [-0.4, -0.2) is 19.2 Å². The molecule has 72 valence electrons. The number of nitriles is 1. The van der Waals surface area contributed by atoms with Crippen molar-refractivity contribution in [2.75, 3.05) is 13.1 Å².